The Balaban J connectivity index is 2.64. The van der Waals surface area contributed by atoms with Crippen LogP contribution < -0.4 is 5.73 Å². The molecule has 0 saturated carbocycles. The van der Waals surface area contributed by atoms with Gasteiger partial charge in [0.25, 0.3) is 0 Å². The van der Waals surface area contributed by atoms with E-state index in [1.165, 1.54) is 0 Å². The van der Waals surface area contributed by atoms with E-state index in [2.05, 4.69) is 5.16 Å². The largest absolute Gasteiger partial charge is 0.367 e. The molecule has 4 heteroatoms. The number of hydrogen-bond donors (Lipinski definition) is 1. The van der Waals surface area contributed by atoms with Gasteiger partial charge < -0.3 is 10.3 Å². The van der Waals surface area contributed by atoms with E-state index < -0.39 is 0 Å². The van der Waals surface area contributed by atoms with Gasteiger partial charge in [0.1, 0.15) is 5.69 Å². The van der Waals surface area contributed by atoms with Gasteiger partial charge in [-0.25, -0.2) is 0 Å². The molecular formula is C11H11ClN2O. The maximum absolute atomic E-state index is 6.19. The zero-order chi connectivity index (χ0) is 11.0. The number of aromatic nitrogens is 1. The van der Waals surface area contributed by atoms with E-state index in [1.807, 2.05) is 32.0 Å². The zero-order valence-electron chi connectivity index (χ0n) is 8.54. The molecule has 15 heavy (non-hydrogen) atoms. The maximum Gasteiger partial charge on any atom is 0.225 e. The highest BCUT2D eigenvalue weighted by atomic mass is 35.5. The Morgan fingerprint density at radius 2 is 2.07 bits per heavy atom. The summed E-state index contributed by atoms with van der Waals surface area (Å²) in [6, 6.07) is 5.78. The number of anilines is 1. The smallest absolute Gasteiger partial charge is 0.225 e. The van der Waals surface area contributed by atoms with Crippen molar-refractivity contribution in [1.29, 1.82) is 0 Å². The van der Waals surface area contributed by atoms with Crippen LogP contribution >= 0.6 is 11.6 Å². The fraction of sp³-hybridized carbons (Fsp3) is 0.182. The SMILES string of the molecule is Cc1cccc(-c2noc(N)c2C)c1Cl. The Bertz CT molecular complexity index is 505. The van der Waals surface area contributed by atoms with Crippen molar-refractivity contribution in [1.82, 2.24) is 5.16 Å². The molecule has 0 spiro atoms. The van der Waals surface area contributed by atoms with Crippen molar-refractivity contribution in [3.63, 3.8) is 0 Å². The fourth-order valence-electron chi connectivity index (χ4n) is 1.43. The van der Waals surface area contributed by atoms with Crippen molar-refractivity contribution >= 4 is 17.5 Å². The molecule has 0 bridgehead atoms. The molecule has 0 unspecified atom stereocenters. The Labute approximate surface area is 92.8 Å². The van der Waals surface area contributed by atoms with Crippen LogP contribution in [0.4, 0.5) is 5.88 Å². The second kappa shape index (κ2) is 3.59. The van der Waals surface area contributed by atoms with Crippen molar-refractivity contribution in [2.75, 3.05) is 5.73 Å². The molecule has 0 radical (unpaired) electrons. The van der Waals surface area contributed by atoms with Gasteiger partial charge in [0.05, 0.1) is 5.02 Å². The van der Waals surface area contributed by atoms with E-state index in [1.54, 1.807) is 0 Å². The van der Waals surface area contributed by atoms with Crippen LogP contribution in [0.5, 0.6) is 0 Å². The number of nitrogen functional groups attached to an aromatic ring is 1. The molecule has 2 N–H and O–H groups in total. The molecule has 0 fully saturated rings. The van der Waals surface area contributed by atoms with E-state index in [0.717, 1.165) is 16.7 Å². The molecule has 78 valence electrons. The van der Waals surface area contributed by atoms with Gasteiger partial charge in [-0.1, -0.05) is 35.0 Å². The quantitative estimate of drug-likeness (QED) is 0.806. The van der Waals surface area contributed by atoms with Gasteiger partial charge >= 0.3 is 0 Å². The molecule has 2 rings (SSSR count). The third-order valence-electron chi connectivity index (χ3n) is 2.41. The Morgan fingerprint density at radius 1 is 1.33 bits per heavy atom. The lowest BCUT2D eigenvalue weighted by Crippen LogP contribution is -1.87. The third kappa shape index (κ3) is 1.59. The molecule has 0 aliphatic rings. The summed E-state index contributed by atoms with van der Waals surface area (Å²) in [4.78, 5) is 0. The maximum atomic E-state index is 6.19. The fourth-order valence-corrected chi connectivity index (χ4v) is 1.65. The highest BCUT2D eigenvalue weighted by molar-refractivity contribution is 6.34. The summed E-state index contributed by atoms with van der Waals surface area (Å²) < 4.78 is 4.91. The minimum atomic E-state index is 0.336. The molecule has 0 amide bonds. The molecule has 0 aliphatic carbocycles. The number of hydrogen-bond acceptors (Lipinski definition) is 3. The van der Waals surface area contributed by atoms with E-state index in [4.69, 9.17) is 21.9 Å². The minimum absolute atomic E-state index is 0.336. The average molecular weight is 223 g/mol. The predicted molar refractivity (Wildman–Crippen MR) is 60.8 cm³/mol. The first-order valence-corrected chi connectivity index (χ1v) is 4.96. The van der Waals surface area contributed by atoms with E-state index >= 15 is 0 Å². The lowest BCUT2D eigenvalue weighted by atomic mass is 10.1. The first-order valence-electron chi connectivity index (χ1n) is 4.58. The van der Waals surface area contributed by atoms with Gasteiger partial charge in [0, 0.05) is 11.1 Å². The van der Waals surface area contributed by atoms with Gasteiger partial charge in [0.2, 0.25) is 5.88 Å². The highest BCUT2D eigenvalue weighted by Crippen LogP contribution is 2.33. The van der Waals surface area contributed by atoms with Gasteiger partial charge in [-0.3, -0.25) is 0 Å². The van der Waals surface area contributed by atoms with Crippen LogP contribution in [0.3, 0.4) is 0 Å². The van der Waals surface area contributed by atoms with Gasteiger partial charge in [0.15, 0.2) is 0 Å². The molecule has 0 atom stereocenters. The second-order valence-corrected chi connectivity index (χ2v) is 3.83. The van der Waals surface area contributed by atoms with Crippen molar-refractivity contribution in [2.45, 2.75) is 13.8 Å². The first-order chi connectivity index (χ1) is 7.11. The Morgan fingerprint density at radius 3 is 2.67 bits per heavy atom. The monoisotopic (exact) mass is 222 g/mol. The van der Waals surface area contributed by atoms with Gasteiger partial charge in [-0.15, -0.1) is 0 Å². The van der Waals surface area contributed by atoms with Gasteiger partial charge in [-0.05, 0) is 19.4 Å². The van der Waals surface area contributed by atoms with Gasteiger partial charge in [-0.2, -0.15) is 0 Å². The lowest BCUT2D eigenvalue weighted by Gasteiger charge is -2.03. The molecule has 3 nitrogen and oxygen atoms in total. The van der Waals surface area contributed by atoms with Crippen molar-refractivity contribution in [2.24, 2.45) is 0 Å². The lowest BCUT2D eigenvalue weighted by molar-refractivity contribution is 0.439. The van der Waals surface area contributed by atoms with Crippen molar-refractivity contribution in [3.8, 4) is 11.3 Å². The van der Waals surface area contributed by atoms with Crippen molar-refractivity contribution < 1.29 is 4.52 Å². The number of halogens is 1. The molecule has 0 saturated heterocycles. The van der Waals surface area contributed by atoms with Crippen LogP contribution in [0.2, 0.25) is 5.02 Å². The molecule has 1 aromatic heterocycles. The number of nitrogens with zero attached hydrogens (tertiary/aromatic N) is 1. The summed E-state index contributed by atoms with van der Waals surface area (Å²) in [5.74, 6) is 0.336. The summed E-state index contributed by atoms with van der Waals surface area (Å²) >= 11 is 6.19. The summed E-state index contributed by atoms with van der Waals surface area (Å²) in [6.45, 7) is 3.81. The number of rotatable bonds is 1. The summed E-state index contributed by atoms with van der Waals surface area (Å²) in [6.07, 6.45) is 0. The van der Waals surface area contributed by atoms with E-state index in [9.17, 15) is 0 Å². The number of nitrogens with two attached hydrogens (primary N) is 1. The van der Waals surface area contributed by atoms with E-state index in [0.29, 0.717) is 16.6 Å². The van der Waals surface area contributed by atoms with Crippen LogP contribution in [0, 0.1) is 13.8 Å². The van der Waals surface area contributed by atoms with Crippen LogP contribution in [0.15, 0.2) is 22.7 Å². The number of benzene rings is 1. The van der Waals surface area contributed by atoms with Crippen LogP contribution in [-0.2, 0) is 0 Å². The zero-order valence-corrected chi connectivity index (χ0v) is 9.30. The summed E-state index contributed by atoms with van der Waals surface area (Å²) in [7, 11) is 0. The normalized spacial score (nSPS) is 10.6. The van der Waals surface area contributed by atoms with Crippen molar-refractivity contribution in [3.05, 3.63) is 34.3 Å². The minimum Gasteiger partial charge on any atom is -0.367 e. The first kappa shape index (κ1) is 10.1. The predicted octanol–water partition coefficient (Wildman–Crippen LogP) is 3.19. The molecule has 1 heterocycles. The van der Waals surface area contributed by atoms with Crippen LogP contribution in [0.25, 0.3) is 11.3 Å². The molecule has 2 aromatic rings. The molecular weight excluding hydrogens is 212 g/mol. The molecule has 0 aliphatic heterocycles. The standard InChI is InChI=1S/C11H11ClN2O/c1-6-4-3-5-8(9(6)12)10-7(2)11(13)15-14-10/h3-5H,13H2,1-2H3. The summed E-state index contributed by atoms with van der Waals surface area (Å²) in [5, 5.41) is 4.59. The van der Waals surface area contributed by atoms with E-state index in [-0.39, 0.29) is 0 Å². The topological polar surface area (TPSA) is 52.0 Å². The van der Waals surface area contributed by atoms with Crippen LogP contribution in [0.1, 0.15) is 11.1 Å². The summed E-state index contributed by atoms with van der Waals surface area (Å²) in [5.41, 5.74) is 8.99. The Hall–Kier alpha value is -1.48. The molecule has 1 aromatic carbocycles. The Kier molecular flexibility index (Phi) is 2.40. The highest BCUT2D eigenvalue weighted by Gasteiger charge is 2.14. The van der Waals surface area contributed by atoms with Crippen LogP contribution in [-0.4, -0.2) is 5.16 Å². The third-order valence-corrected chi connectivity index (χ3v) is 2.91. The average Bonchev–Trinajstić information content (AvgIpc) is 2.53. The second-order valence-electron chi connectivity index (χ2n) is 3.46. The number of aryl methyl sites for hydroxylation is 1.